The van der Waals surface area contributed by atoms with Gasteiger partial charge in [0.15, 0.2) is 0 Å². The maximum atomic E-state index is 13.4. The summed E-state index contributed by atoms with van der Waals surface area (Å²) in [6.45, 7) is 1.44. The molecule has 28 heavy (non-hydrogen) atoms. The summed E-state index contributed by atoms with van der Waals surface area (Å²) in [7, 11) is 3.17. The normalized spacial score (nSPS) is 11.7. The van der Waals surface area contributed by atoms with Crippen LogP contribution in [-0.4, -0.2) is 40.6 Å². The number of benzene rings is 2. The molecule has 0 fully saturated rings. The molecule has 0 aliphatic carbocycles. The molecular weight excluding hydrogens is 486 g/mol. The van der Waals surface area contributed by atoms with Gasteiger partial charge in [-0.1, -0.05) is 12.1 Å². The minimum absolute atomic E-state index is 0.194. The van der Waals surface area contributed by atoms with Crippen LogP contribution >= 0.6 is 22.6 Å². The van der Waals surface area contributed by atoms with Gasteiger partial charge >= 0.3 is 6.18 Å². The van der Waals surface area contributed by atoms with Gasteiger partial charge in [0.05, 0.1) is 16.6 Å². The van der Waals surface area contributed by atoms with Crippen molar-refractivity contribution in [1.29, 1.82) is 0 Å². The lowest BCUT2D eigenvalue weighted by Crippen LogP contribution is -2.22. The number of carbonyl (C=O) groups is 2. The van der Waals surface area contributed by atoms with Gasteiger partial charge in [-0.05, 0) is 59.3 Å². The Labute approximate surface area is 172 Å². The molecule has 0 aliphatic heterocycles. The van der Waals surface area contributed by atoms with E-state index in [1.165, 1.54) is 30.0 Å². The van der Waals surface area contributed by atoms with Crippen molar-refractivity contribution in [3.63, 3.8) is 0 Å². The van der Waals surface area contributed by atoms with Crippen LogP contribution < -0.4 is 0 Å². The van der Waals surface area contributed by atoms with Crippen molar-refractivity contribution >= 4 is 45.3 Å². The van der Waals surface area contributed by atoms with Crippen LogP contribution in [0.1, 0.15) is 31.8 Å². The maximum Gasteiger partial charge on any atom is 0.417 e. The van der Waals surface area contributed by atoms with Crippen LogP contribution in [0.15, 0.2) is 36.4 Å². The first kappa shape index (κ1) is 20.3. The third kappa shape index (κ3) is 3.50. The van der Waals surface area contributed by atoms with Crippen LogP contribution in [0.4, 0.5) is 13.2 Å². The predicted molar refractivity (Wildman–Crippen MR) is 106 cm³/mol. The minimum Gasteiger partial charge on any atom is -0.345 e. The van der Waals surface area contributed by atoms with Crippen molar-refractivity contribution in [1.82, 2.24) is 14.7 Å². The van der Waals surface area contributed by atoms with E-state index in [2.05, 4.69) is 5.10 Å². The molecule has 9 heteroatoms. The topological polar surface area (TPSA) is 55.2 Å². The number of rotatable bonds is 2. The van der Waals surface area contributed by atoms with Crippen molar-refractivity contribution in [2.24, 2.45) is 0 Å². The lowest BCUT2D eigenvalue weighted by molar-refractivity contribution is -0.138. The number of aryl methyl sites for hydroxylation is 1. The second-order valence-electron chi connectivity index (χ2n) is 6.43. The smallest absolute Gasteiger partial charge is 0.345 e. The zero-order valence-electron chi connectivity index (χ0n) is 15.1. The first-order valence-electron chi connectivity index (χ1n) is 8.14. The molecule has 0 N–H and O–H groups in total. The molecule has 0 spiro atoms. The lowest BCUT2D eigenvalue weighted by Gasteiger charge is -2.15. The SMILES string of the molecule is Cc1cccc(C(F)(F)F)c1C(=O)n1nc(I)c2ccc(C(=O)N(C)C)cc21. The first-order valence-corrected chi connectivity index (χ1v) is 9.21. The summed E-state index contributed by atoms with van der Waals surface area (Å²) in [5, 5.41) is 4.71. The quantitative estimate of drug-likeness (QED) is 0.491. The Balaban J connectivity index is 2.24. The van der Waals surface area contributed by atoms with Crippen LogP contribution in [0.5, 0.6) is 0 Å². The van der Waals surface area contributed by atoms with Gasteiger partial charge in [-0.3, -0.25) is 9.59 Å². The van der Waals surface area contributed by atoms with E-state index in [9.17, 15) is 22.8 Å². The van der Waals surface area contributed by atoms with E-state index in [4.69, 9.17) is 0 Å². The fraction of sp³-hybridized carbons (Fsp3) is 0.211. The monoisotopic (exact) mass is 501 g/mol. The Hall–Kier alpha value is -2.43. The van der Waals surface area contributed by atoms with E-state index in [0.717, 1.165) is 10.7 Å². The lowest BCUT2D eigenvalue weighted by atomic mass is 10.0. The number of fused-ring (bicyclic) bond motifs is 1. The molecule has 1 amide bonds. The highest BCUT2D eigenvalue weighted by Crippen LogP contribution is 2.34. The van der Waals surface area contributed by atoms with E-state index in [0.29, 0.717) is 14.7 Å². The van der Waals surface area contributed by atoms with Crippen LogP contribution in [0.2, 0.25) is 0 Å². The molecule has 0 saturated heterocycles. The number of alkyl halides is 3. The molecule has 0 unspecified atom stereocenters. The molecule has 146 valence electrons. The van der Waals surface area contributed by atoms with Gasteiger partial charge in [-0.25, -0.2) is 0 Å². The number of nitrogens with zero attached hydrogens (tertiary/aromatic N) is 3. The summed E-state index contributed by atoms with van der Waals surface area (Å²) in [5.41, 5.74) is -0.696. The van der Waals surface area contributed by atoms with Crippen LogP contribution in [-0.2, 0) is 6.18 Å². The maximum absolute atomic E-state index is 13.4. The second kappa shape index (κ2) is 7.19. The number of amides is 1. The van der Waals surface area contributed by atoms with Crippen molar-refractivity contribution < 1.29 is 22.8 Å². The fourth-order valence-corrected chi connectivity index (χ4v) is 3.59. The molecule has 0 atom stereocenters. The Morgan fingerprint density at radius 1 is 1.14 bits per heavy atom. The number of halogens is 4. The average molecular weight is 501 g/mol. The van der Waals surface area contributed by atoms with Crippen LogP contribution in [0, 0.1) is 10.6 Å². The number of hydrogen-bond donors (Lipinski definition) is 0. The number of hydrogen-bond acceptors (Lipinski definition) is 3. The van der Waals surface area contributed by atoms with Gasteiger partial charge in [-0.15, -0.1) is 0 Å². The van der Waals surface area contributed by atoms with Gasteiger partial charge in [0.25, 0.3) is 11.8 Å². The Kier molecular flexibility index (Phi) is 5.22. The molecule has 2 aromatic carbocycles. The fourth-order valence-electron chi connectivity index (χ4n) is 2.92. The van der Waals surface area contributed by atoms with Crippen LogP contribution in [0.25, 0.3) is 10.9 Å². The van der Waals surface area contributed by atoms with E-state index in [1.54, 1.807) is 26.2 Å². The molecule has 1 aromatic heterocycles. The molecule has 0 bridgehead atoms. The second-order valence-corrected chi connectivity index (χ2v) is 7.46. The minimum atomic E-state index is -4.68. The highest BCUT2D eigenvalue weighted by atomic mass is 127. The van der Waals surface area contributed by atoms with Crippen molar-refractivity contribution in [3.8, 4) is 0 Å². The predicted octanol–water partition coefficient (Wildman–Crippen LogP) is 4.36. The van der Waals surface area contributed by atoms with E-state index < -0.39 is 23.2 Å². The molecular formula is C19H15F3IN3O2. The summed E-state index contributed by atoms with van der Waals surface area (Å²) in [6.07, 6.45) is -4.68. The van der Waals surface area contributed by atoms with Gasteiger partial charge in [-0.2, -0.15) is 23.0 Å². The molecule has 1 heterocycles. The third-order valence-corrected chi connectivity index (χ3v) is 5.07. The van der Waals surface area contributed by atoms with Crippen molar-refractivity contribution in [2.75, 3.05) is 14.1 Å². The molecule has 5 nitrogen and oxygen atoms in total. The standard InChI is InChI=1S/C19H15F3IN3O2/c1-10-5-4-6-13(19(20,21)22)15(10)18(28)26-14-9-11(17(27)25(2)3)7-8-12(14)16(23)24-26/h4-9H,1-3H3. The third-order valence-electron chi connectivity index (χ3n) is 4.27. The molecule has 0 radical (unpaired) electrons. The summed E-state index contributed by atoms with van der Waals surface area (Å²) < 4.78 is 41.7. The number of aromatic nitrogens is 2. The summed E-state index contributed by atoms with van der Waals surface area (Å²) >= 11 is 1.91. The van der Waals surface area contributed by atoms with Gasteiger partial charge < -0.3 is 4.90 Å². The number of carbonyl (C=O) groups excluding carboxylic acids is 2. The van der Waals surface area contributed by atoms with E-state index in [-0.39, 0.29) is 17.0 Å². The zero-order valence-corrected chi connectivity index (χ0v) is 17.3. The Bertz CT molecular complexity index is 1100. The zero-order chi connectivity index (χ0) is 20.8. The Morgan fingerprint density at radius 2 is 1.82 bits per heavy atom. The van der Waals surface area contributed by atoms with E-state index >= 15 is 0 Å². The van der Waals surface area contributed by atoms with Crippen LogP contribution in [0.3, 0.4) is 0 Å². The van der Waals surface area contributed by atoms with Gasteiger partial charge in [0, 0.05) is 25.0 Å². The molecule has 0 aliphatic rings. The highest BCUT2D eigenvalue weighted by Gasteiger charge is 2.36. The highest BCUT2D eigenvalue weighted by molar-refractivity contribution is 14.1. The van der Waals surface area contributed by atoms with E-state index in [1.807, 2.05) is 22.6 Å². The van der Waals surface area contributed by atoms with Gasteiger partial charge in [0.1, 0.15) is 3.70 Å². The molecule has 0 saturated carbocycles. The Morgan fingerprint density at radius 3 is 2.43 bits per heavy atom. The molecule has 3 aromatic rings. The van der Waals surface area contributed by atoms with Crippen molar-refractivity contribution in [2.45, 2.75) is 13.1 Å². The first-order chi connectivity index (χ1) is 13.0. The molecule has 3 rings (SSSR count). The van der Waals surface area contributed by atoms with Crippen molar-refractivity contribution in [3.05, 3.63) is 62.4 Å². The average Bonchev–Trinajstić information content (AvgIpc) is 2.95. The summed E-state index contributed by atoms with van der Waals surface area (Å²) in [5.74, 6) is -1.18. The summed E-state index contributed by atoms with van der Waals surface area (Å²) in [6, 6.07) is 8.27. The summed E-state index contributed by atoms with van der Waals surface area (Å²) in [4.78, 5) is 26.7. The van der Waals surface area contributed by atoms with Gasteiger partial charge in [0.2, 0.25) is 0 Å². The largest absolute Gasteiger partial charge is 0.417 e.